The third kappa shape index (κ3) is 0.367. The van der Waals surface area contributed by atoms with Gasteiger partial charge in [0, 0.05) is 0 Å². The van der Waals surface area contributed by atoms with Gasteiger partial charge in [-0.3, -0.25) is 0 Å². The number of nitrogens with zero attached hydrogens (tertiary/aromatic N) is 3. The number of aryl methyl sites for hydroxylation is 2. The summed E-state index contributed by atoms with van der Waals surface area (Å²) in [6.45, 7) is 5.66. The van der Waals surface area contributed by atoms with Gasteiger partial charge < -0.3 is 0 Å². The number of aromatic nitrogens is 1. The molecular weight excluding hydrogens is 446 g/mol. The first-order chi connectivity index (χ1) is 15.8. The molecule has 2 aromatic rings. The van der Waals surface area contributed by atoms with Gasteiger partial charge >= 0.3 is 186 Å². The van der Waals surface area contributed by atoms with Crippen LogP contribution in [0.25, 0.3) is 0 Å². The third-order valence-electron chi connectivity index (χ3n) is 18.7. The van der Waals surface area contributed by atoms with Crippen molar-refractivity contribution in [2.24, 2.45) is 9.98 Å². The van der Waals surface area contributed by atoms with Gasteiger partial charge in [-0.05, 0) is 0 Å². The van der Waals surface area contributed by atoms with E-state index in [4.69, 9.17) is 15.0 Å². The van der Waals surface area contributed by atoms with Crippen LogP contribution in [0.2, 0.25) is 43.3 Å². The van der Waals surface area contributed by atoms with Gasteiger partial charge in [0.25, 0.3) is 0 Å². The van der Waals surface area contributed by atoms with Crippen LogP contribution in [-0.2, 0) is 19.4 Å². The summed E-state index contributed by atoms with van der Waals surface area (Å²) >= 11 is 0. The second-order valence-corrected chi connectivity index (χ2v) is 38.6. The average Bonchev–Trinajstić information content (AvgIpc) is 3.78. The standard InChI is InChI=1S/C24H26N3.C5H5.Fe/c1-5-19-11-9-12-20(6-2)24(19)26-18(4)23-16-10-15-22(27-23)17(3)25-21-13-7-8-14-21;1-2-4-5-3-1;/h7-16H,5-6H2,1-4H3;1-5H;. The van der Waals surface area contributed by atoms with E-state index >= 15 is 0 Å². The third-order valence-corrected chi connectivity index (χ3v) is 60.7. The first-order valence-corrected chi connectivity index (χ1v) is 19.5. The summed E-state index contributed by atoms with van der Waals surface area (Å²) in [4.78, 5) is 27.8. The Morgan fingerprint density at radius 3 is 1.76 bits per heavy atom. The van der Waals surface area contributed by atoms with Crippen LogP contribution >= 0.6 is 0 Å². The number of hydrogen-bond donors (Lipinski definition) is 0. The van der Waals surface area contributed by atoms with Gasteiger partial charge in [-0.1, -0.05) is 0 Å². The number of fused-ring (bicyclic) bond motifs is 10. The zero-order valence-electron chi connectivity index (χ0n) is 19.8. The van der Waals surface area contributed by atoms with E-state index in [1.165, 1.54) is 60.2 Å². The van der Waals surface area contributed by atoms with Gasteiger partial charge in [0.15, 0.2) is 0 Å². The quantitative estimate of drug-likeness (QED) is 0.314. The Bertz CT molecular complexity index is 1760. The van der Waals surface area contributed by atoms with Gasteiger partial charge in [-0.25, -0.2) is 0 Å². The van der Waals surface area contributed by atoms with Crippen molar-refractivity contribution in [3.05, 3.63) is 58.9 Å². The average molecular weight is 477 g/mol. The minimum atomic E-state index is -3.16. The van der Waals surface area contributed by atoms with Gasteiger partial charge in [0.05, 0.1) is 0 Å². The Morgan fingerprint density at radius 1 is 0.788 bits per heavy atom. The Morgan fingerprint density at radius 2 is 1.30 bits per heavy atom. The Labute approximate surface area is 185 Å². The van der Waals surface area contributed by atoms with Crippen molar-refractivity contribution in [2.45, 2.75) is 88.3 Å². The van der Waals surface area contributed by atoms with Gasteiger partial charge in [-0.15, -0.1) is 0 Å². The number of aliphatic imine (C=N–C) groups is 2. The molecule has 1 spiro atoms. The summed E-state index contributed by atoms with van der Waals surface area (Å²) in [5.41, 5.74) is 8.14. The van der Waals surface area contributed by atoms with Crippen molar-refractivity contribution in [1.82, 2.24) is 4.98 Å². The fourth-order valence-electron chi connectivity index (χ4n) is 19.1. The molecule has 12 rings (SSSR count). The van der Waals surface area contributed by atoms with E-state index in [0.717, 1.165) is 35.6 Å². The summed E-state index contributed by atoms with van der Waals surface area (Å²) < 4.78 is 0.583. The first kappa shape index (κ1) is 16.0. The van der Waals surface area contributed by atoms with Crippen molar-refractivity contribution in [3.63, 3.8) is 0 Å². The molecule has 11 heterocycles. The van der Waals surface area contributed by atoms with Crippen LogP contribution in [-0.4, -0.2) is 20.8 Å². The normalized spacial score (nSPS) is 68.2. The molecule has 0 N–H and O–H groups in total. The molecule has 4 unspecified atom stereocenters. The van der Waals surface area contributed by atoms with Crippen LogP contribution in [0.1, 0.15) is 50.2 Å². The van der Waals surface area contributed by atoms with Gasteiger partial charge in [0.2, 0.25) is 0 Å². The fraction of sp³-hybridized carbons (Fsp3) is 0.552. The number of para-hydroxylation sites is 1. The monoisotopic (exact) mass is 477 g/mol. The molecule has 10 fully saturated rings. The molecule has 4 heteroatoms. The van der Waals surface area contributed by atoms with E-state index in [1.54, 1.807) is 0 Å². The summed E-state index contributed by atoms with van der Waals surface area (Å²) in [5, 5.41) is 0. The maximum absolute atomic E-state index is 5.80. The SMILES string of the molecule is CCc1cccc(CC)c1N=C(C)c1cccc(C(C)=N[C]23[CH]4[CH]5[CH]6[CH]2[Fe]56432789[CH]3[CH]2[CH]7[CH]8[CH]39)n1. The van der Waals surface area contributed by atoms with Crippen LogP contribution in [0.5, 0.6) is 0 Å². The van der Waals surface area contributed by atoms with E-state index in [1.807, 2.05) is 0 Å². The summed E-state index contributed by atoms with van der Waals surface area (Å²) in [6, 6.07) is 13.1. The minimum absolute atomic E-state index is 0.583. The molecule has 170 valence electrons. The van der Waals surface area contributed by atoms with Crippen molar-refractivity contribution in [3.8, 4) is 0 Å². The fourth-order valence-corrected chi connectivity index (χ4v) is 91.7. The van der Waals surface area contributed by atoms with Crippen LogP contribution in [0.15, 0.2) is 46.4 Å². The first-order valence-electron chi connectivity index (χ1n) is 13.2. The van der Waals surface area contributed by atoms with Crippen molar-refractivity contribution in [2.75, 3.05) is 0 Å². The number of benzene rings is 1. The molecule has 1 aromatic heterocycles. The van der Waals surface area contributed by atoms with Crippen molar-refractivity contribution in [1.29, 1.82) is 0 Å². The molecule has 0 aliphatic carbocycles. The second kappa shape index (κ2) is 2.20. The molecule has 0 bridgehead atoms. The molecule has 33 heavy (non-hydrogen) atoms. The molecule has 10 aliphatic heterocycles. The Balaban J connectivity index is 0.974. The van der Waals surface area contributed by atoms with Crippen molar-refractivity contribution >= 4 is 17.1 Å². The Kier molecular flexibility index (Phi) is 1.07. The zero-order valence-corrected chi connectivity index (χ0v) is 20.9. The molecule has 0 amide bonds. The van der Waals surface area contributed by atoms with Gasteiger partial charge in [-0.2, -0.15) is 0 Å². The summed E-state index contributed by atoms with van der Waals surface area (Å²) in [5.74, 6) is 0. The van der Waals surface area contributed by atoms with E-state index in [9.17, 15) is 0 Å². The molecule has 10 saturated heterocycles. The van der Waals surface area contributed by atoms with Crippen LogP contribution in [0, 0.1) is 0 Å². The molecule has 0 saturated carbocycles. The molecule has 0 radical (unpaired) electrons. The topological polar surface area (TPSA) is 37.6 Å². The van der Waals surface area contributed by atoms with Gasteiger partial charge in [0.1, 0.15) is 0 Å². The predicted molar refractivity (Wildman–Crippen MR) is 130 cm³/mol. The number of pyridine rings is 1. The zero-order chi connectivity index (χ0) is 21.8. The molecule has 10 aliphatic rings. The summed E-state index contributed by atoms with van der Waals surface area (Å²) in [6.07, 6.45) is 2.01. The second-order valence-electron chi connectivity index (χ2n) is 15.1. The molecular formula is C29H31FeN3. The predicted octanol–water partition coefficient (Wildman–Crippen LogP) is 7.45. The Hall–Kier alpha value is -1.77. The van der Waals surface area contributed by atoms with Crippen LogP contribution < -0.4 is 0 Å². The maximum atomic E-state index is 5.80. The van der Waals surface area contributed by atoms with E-state index in [2.05, 4.69) is 64.1 Å². The van der Waals surface area contributed by atoms with E-state index in [0.29, 0.717) is 4.44 Å². The molecule has 3 nitrogen and oxygen atoms in total. The number of hydrogen-bond acceptors (Lipinski definition) is 3. The summed E-state index contributed by atoms with van der Waals surface area (Å²) in [7, 11) is 0. The molecule has 1 aromatic carbocycles. The van der Waals surface area contributed by atoms with E-state index < -0.39 is 6.51 Å². The van der Waals surface area contributed by atoms with Crippen molar-refractivity contribution < 1.29 is 6.51 Å². The van der Waals surface area contributed by atoms with E-state index in [-0.39, 0.29) is 0 Å². The van der Waals surface area contributed by atoms with Crippen LogP contribution in [0.3, 0.4) is 0 Å². The van der Waals surface area contributed by atoms with Crippen LogP contribution in [0.4, 0.5) is 5.69 Å². The molecule has 4 atom stereocenters. The number of rotatable bonds is 6.